The normalized spacial score (nSPS) is 17.1. The molecule has 2 heterocycles. The number of urea groups is 1. The number of likely N-dealkylation sites (tertiary alicyclic amines) is 1. The smallest absolute Gasteiger partial charge is 0.321 e. The van der Waals surface area contributed by atoms with E-state index in [0.29, 0.717) is 31.8 Å². The predicted molar refractivity (Wildman–Crippen MR) is 134 cm³/mol. The fourth-order valence-corrected chi connectivity index (χ4v) is 4.56. The van der Waals surface area contributed by atoms with Gasteiger partial charge < -0.3 is 15.4 Å². The van der Waals surface area contributed by atoms with Crippen molar-refractivity contribution in [3.8, 4) is 5.75 Å². The molecule has 182 valence electrons. The summed E-state index contributed by atoms with van der Waals surface area (Å²) in [6, 6.07) is 15.4. The Balaban J connectivity index is 1.19. The molecule has 7 heteroatoms. The van der Waals surface area contributed by atoms with Gasteiger partial charge in [-0.25, -0.2) is 4.79 Å². The molecular weight excluding hydrogens is 428 g/mol. The maximum absolute atomic E-state index is 12.5. The van der Waals surface area contributed by atoms with Gasteiger partial charge in [0.15, 0.2) is 0 Å². The van der Waals surface area contributed by atoms with Crippen molar-refractivity contribution in [2.24, 2.45) is 0 Å². The first-order valence-electron chi connectivity index (χ1n) is 12.6. The summed E-state index contributed by atoms with van der Waals surface area (Å²) in [6.45, 7) is 5.64. The van der Waals surface area contributed by atoms with Crippen LogP contribution in [-0.4, -0.2) is 56.2 Å². The highest BCUT2D eigenvalue weighted by molar-refractivity contribution is 5.98. The molecule has 0 spiro atoms. The molecular formula is C27H36N4O3. The summed E-state index contributed by atoms with van der Waals surface area (Å²) in [5.41, 5.74) is 2.58. The van der Waals surface area contributed by atoms with Crippen molar-refractivity contribution in [2.75, 3.05) is 44.2 Å². The topological polar surface area (TPSA) is 73.9 Å². The van der Waals surface area contributed by atoms with Gasteiger partial charge >= 0.3 is 6.03 Å². The molecule has 2 aliphatic rings. The second kappa shape index (κ2) is 12.4. The standard InChI is InChI=1S/C27H36N4O3/c32-26(23-10-7-11-24(20-23)31-17-14-29-27(31)33)28-13-8-18-34-25-12-6-9-22(19-25)21-30-15-4-2-1-3-5-16-30/h6-7,9-12,19-20H,1-5,8,13-18,21H2,(H,28,32)(H,29,33). The fraction of sp³-hybridized carbons (Fsp3) is 0.481. The minimum Gasteiger partial charge on any atom is -0.494 e. The molecule has 3 amide bonds. The Labute approximate surface area is 202 Å². The Morgan fingerprint density at radius 2 is 1.76 bits per heavy atom. The molecule has 0 aliphatic carbocycles. The first-order valence-corrected chi connectivity index (χ1v) is 12.6. The highest BCUT2D eigenvalue weighted by atomic mass is 16.5. The Kier molecular flexibility index (Phi) is 8.79. The molecule has 2 aromatic rings. The van der Waals surface area contributed by atoms with Crippen LogP contribution in [0.15, 0.2) is 48.5 Å². The molecule has 2 aliphatic heterocycles. The zero-order valence-corrected chi connectivity index (χ0v) is 19.9. The summed E-state index contributed by atoms with van der Waals surface area (Å²) in [4.78, 5) is 28.6. The minimum absolute atomic E-state index is 0.124. The van der Waals surface area contributed by atoms with Crippen molar-refractivity contribution in [2.45, 2.75) is 45.1 Å². The highest BCUT2D eigenvalue weighted by Crippen LogP contribution is 2.19. The van der Waals surface area contributed by atoms with E-state index in [1.54, 1.807) is 23.1 Å². The van der Waals surface area contributed by atoms with Crippen LogP contribution >= 0.6 is 0 Å². The molecule has 4 rings (SSSR count). The third kappa shape index (κ3) is 6.97. The lowest BCUT2D eigenvalue weighted by atomic mass is 10.1. The Morgan fingerprint density at radius 3 is 2.56 bits per heavy atom. The molecule has 34 heavy (non-hydrogen) atoms. The lowest BCUT2D eigenvalue weighted by Gasteiger charge is -2.24. The van der Waals surface area contributed by atoms with Crippen LogP contribution in [0.1, 0.15) is 54.4 Å². The number of amides is 3. The van der Waals surface area contributed by atoms with E-state index in [4.69, 9.17) is 4.74 Å². The number of benzene rings is 2. The van der Waals surface area contributed by atoms with Gasteiger partial charge in [-0.15, -0.1) is 0 Å². The largest absolute Gasteiger partial charge is 0.494 e. The van der Waals surface area contributed by atoms with Gasteiger partial charge in [-0.05, 0) is 68.2 Å². The number of nitrogens with one attached hydrogen (secondary N) is 2. The summed E-state index contributed by atoms with van der Waals surface area (Å²) in [7, 11) is 0. The quantitative estimate of drug-likeness (QED) is 0.546. The zero-order valence-electron chi connectivity index (χ0n) is 19.9. The number of hydrogen-bond acceptors (Lipinski definition) is 4. The average molecular weight is 465 g/mol. The third-order valence-corrected chi connectivity index (χ3v) is 6.41. The zero-order chi connectivity index (χ0) is 23.6. The predicted octanol–water partition coefficient (Wildman–Crippen LogP) is 4.18. The summed E-state index contributed by atoms with van der Waals surface area (Å²) >= 11 is 0. The summed E-state index contributed by atoms with van der Waals surface area (Å²) < 4.78 is 5.95. The molecule has 2 aromatic carbocycles. The molecule has 2 fully saturated rings. The minimum atomic E-state index is -0.142. The summed E-state index contributed by atoms with van der Waals surface area (Å²) in [5, 5.41) is 5.72. The van der Waals surface area contributed by atoms with Gasteiger partial charge in [0, 0.05) is 37.4 Å². The van der Waals surface area contributed by atoms with E-state index < -0.39 is 0 Å². The van der Waals surface area contributed by atoms with Crippen molar-refractivity contribution in [1.29, 1.82) is 0 Å². The van der Waals surface area contributed by atoms with Crippen LogP contribution in [0.5, 0.6) is 5.75 Å². The number of nitrogens with zero attached hydrogens (tertiary/aromatic N) is 2. The van der Waals surface area contributed by atoms with Crippen LogP contribution in [0.4, 0.5) is 10.5 Å². The van der Waals surface area contributed by atoms with Crippen LogP contribution in [-0.2, 0) is 6.54 Å². The number of rotatable bonds is 9. The van der Waals surface area contributed by atoms with Gasteiger partial charge in [-0.2, -0.15) is 0 Å². The molecule has 0 bridgehead atoms. The van der Waals surface area contributed by atoms with E-state index in [9.17, 15) is 9.59 Å². The first-order chi connectivity index (χ1) is 16.7. The van der Waals surface area contributed by atoms with Crippen LogP contribution < -0.4 is 20.3 Å². The van der Waals surface area contributed by atoms with Gasteiger partial charge in [0.25, 0.3) is 5.91 Å². The lowest BCUT2D eigenvalue weighted by molar-refractivity contribution is 0.0951. The molecule has 2 saturated heterocycles. The summed E-state index contributed by atoms with van der Waals surface area (Å²) in [5.74, 6) is 0.740. The van der Waals surface area contributed by atoms with E-state index in [1.165, 1.54) is 50.8 Å². The Morgan fingerprint density at radius 1 is 0.971 bits per heavy atom. The Bertz CT molecular complexity index is 956. The molecule has 0 unspecified atom stereocenters. The number of anilines is 1. The maximum Gasteiger partial charge on any atom is 0.321 e. The van der Waals surface area contributed by atoms with Crippen molar-refractivity contribution in [1.82, 2.24) is 15.5 Å². The van der Waals surface area contributed by atoms with E-state index in [2.05, 4.69) is 33.7 Å². The van der Waals surface area contributed by atoms with Gasteiger partial charge in [0.2, 0.25) is 0 Å². The first kappa shape index (κ1) is 24.1. The van der Waals surface area contributed by atoms with Crippen LogP contribution in [0.2, 0.25) is 0 Å². The van der Waals surface area contributed by atoms with Crippen molar-refractivity contribution >= 4 is 17.6 Å². The van der Waals surface area contributed by atoms with Gasteiger partial charge in [-0.1, -0.05) is 37.5 Å². The SMILES string of the molecule is O=C(NCCCOc1cccc(CN2CCCCCCC2)c1)c1cccc(N2CCNC2=O)c1. The van der Waals surface area contributed by atoms with E-state index in [1.807, 2.05) is 12.1 Å². The van der Waals surface area contributed by atoms with E-state index in [0.717, 1.165) is 24.4 Å². The van der Waals surface area contributed by atoms with Crippen LogP contribution in [0.25, 0.3) is 0 Å². The molecule has 0 saturated carbocycles. The second-order valence-electron chi connectivity index (χ2n) is 9.08. The van der Waals surface area contributed by atoms with E-state index >= 15 is 0 Å². The van der Waals surface area contributed by atoms with Gasteiger partial charge in [0.1, 0.15) is 5.75 Å². The number of ether oxygens (including phenoxy) is 1. The average Bonchev–Trinajstić information content (AvgIpc) is 3.26. The Hall–Kier alpha value is -3.06. The van der Waals surface area contributed by atoms with Gasteiger partial charge in [0.05, 0.1) is 6.61 Å². The van der Waals surface area contributed by atoms with Crippen molar-refractivity contribution in [3.63, 3.8) is 0 Å². The summed E-state index contributed by atoms with van der Waals surface area (Å²) in [6.07, 6.45) is 7.37. The number of carbonyl (C=O) groups is 2. The van der Waals surface area contributed by atoms with Gasteiger partial charge in [-0.3, -0.25) is 14.6 Å². The van der Waals surface area contributed by atoms with Crippen molar-refractivity contribution < 1.29 is 14.3 Å². The third-order valence-electron chi connectivity index (χ3n) is 6.41. The number of hydrogen-bond donors (Lipinski definition) is 2. The molecule has 0 aromatic heterocycles. The van der Waals surface area contributed by atoms with Crippen molar-refractivity contribution in [3.05, 3.63) is 59.7 Å². The molecule has 2 N–H and O–H groups in total. The maximum atomic E-state index is 12.5. The molecule has 0 radical (unpaired) electrons. The lowest BCUT2D eigenvalue weighted by Crippen LogP contribution is -2.29. The molecule has 7 nitrogen and oxygen atoms in total. The highest BCUT2D eigenvalue weighted by Gasteiger charge is 2.21. The second-order valence-corrected chi connectivity index (χ2v) is 9.08. The monoisotopic (exact) mass is 464 g/mol. The van der Waals surface area contributed by atoms with Crippen LogP contribution in [0.3, 0.4) is 0 Å². The van der Waals surface area contributed by atoms with Crippen LogP contribution in [0, 0.1) is 0 Å². The van der Waals surface area contributed by atoms with E-state index in [-0.39, 0.29) is 11.9 Å². The fourth-order valence-electron chi connectivity index (χ4n) is 4.56. The number of carbonyl (C=O) groups excluding carboxylic acids is 2. The molecule has 0 atom stereocenters.